The minimum Gasteiger partial charge on any atom is -0.392 e. The summed E-state index contributed by atoms with van der Waals surface area (Å²) in [5.41, 5.74) is 2.52. The van der Waals surface area contributed by atoms with Crippen LogP contribution in [0, 0.1) is 0 Å². The van der Waals surface area contributed by atoms with Crippen LogP contribution in [0.15, 0.2) is 54.6 Å². The number of ketones is 1. The van der Waals surface area contributed by atoms with E-state index in [-0.39, 0.29) is 12.4 Å². The Morgan fingerprint density at radius 2 is 1.53 bits per heavy atom. The number of hydrogen-bond donors (Lipinski definition) is 1. The first kappa shape index (κ1) is 11.6. The number of carbonyl (C=O) groups is 1. The smallest absolute Gasteiger partial charge is 0.167 e. The second-order valence-corrected chi connectivity index (χ2v) is 3.94. The monoisotopic (exact) mass is 226 g/mol. The molecule has 0 amide bonds. The molecule has 0 radical (unpaired) electrons. The first-order valence-corrected chi connectivity index (χ1v) is 5.56. The molecule has 0 atom stereocenters. The molecule has 0 spiro atoms. The number of carbonyl (C=O) groups excluding carboxylic acids is 1. The van der Waals surface area contributed by atoms with E-state index in [2.05, 4.69) is 0 Å². The summed E-state index contributed by atoms with van der Waals surface area (Å²) in [7, 11) is 0. The van der Waals surface area contributed by atoms with E-state index in [0.29, 0.717) is 12.0 Å². The molecule has 2 heteroatoms. The summed E-state index contributed by atoms with van der Waals surface area (Å²) >= 11 is 0. The molecule has 0 bridgehead atoms. The SMILES string of the molecule is O=C(Cc1ccccc1)c1ccc(CO)cc1. The number of hydrogen-bond acceptors (Lipinski definition) is 2. The maximum atomic E-state index is 12.0. The lowest BCUT2D eigenvalue weighted by molar-refractivity contribution is 0.0993. The van der Waals surface area contributed by atoms with Crippen molar-refractivity contribution in [2.45, 2.75) is 13.0 Å². The van der Waals surface area contributed by atoms with Crippen LogP contribution in [0.2, 0.25) is 0 Å². The summed E-state index contributed by atoms with van der Waals surface area (Å²) in [5.74, 6) is 0.0979. The van der Waals surface area contributed by atoms with Gasteiger partial charge in [0.25, 0.3) is 0 Å². The Bertz CT molecular complexity index is 486. The van der Waals surface area contributed by atoms with Crippen molar-refractivity contribution in [3.63, 3.8) is 0 Å². The highest BCUT2D eigenvalue weighted by Gasteiger charge is 2.06. The quantitative estimate of drug-likeness (QED) is 0.814. The van der Waals surface area contributed by atoms with Gasteiger partial charge in [0.05, 0.1) is 6.61 Å². The largest absolute Gasteiger partial charge is 0.392 e. The predicted molar refractivity (Wildman–Crippen MR) is 66.8 cm³/mol. The van der Waals surface area contributed by atoms with Gasteiger partial charge in [0, 0.05) is 12.0 Å². The fourth-order valence-electron chi connectivity index (χ4n) is 1.68. The van der Waals surface area contributed by atoms with Crippen molar-refractivity contribution in [1.82, 2.24) is 0 Å². The van der Waals surface area contributed by atoms with E-state index in [0.717, 1.165) is 11.1 Å². The highest BCUT2D eigenvalue weighted by Crippen LogP contribution is 2.09. The van der Waals surface area contributed by atoms with E-state index < -0.39 is 0 Å². The van der Waals surface area contributed by atoms with Gasteiger partial charge in [0.1, 0.15) is 0 Å². The molecule has 0 saturated heterocycles. The number of aliphatic hydroxyl groups excluding tert-OH is 1. The van der Waals surface area contributed by atoms with Crippen LogP contribution in [-0.2, 0) is 13.0 Å². The summed E-state index contributed by atoms with van der Waals surface area (Å²) < 4.78 is 0. The molecule has 0 unspecified atom stereocenters. The lowest BCUT2D eigenvalue weighted by atomic mass is 10.0. The van der Waals surface area contributed by atoms with Crippen LogP contribution in [0.1, 0.15) is 21.5 Å². The molecule has 2 nitrogen and oxygen atoms in total. The maximum Gasteiger partial charge on any atom is 0.167 e. The van der Waals surface area contributed by atoms with Gasteiger partial charge in [-0.15, -0.1) is 0 Å². The molecule has 0 saturated carbocycles. The number of benzene rings is 2. The van der Waals surface area contributed by atoms with Crippen LogP contribution >= 0.6 is 0 Å². The number of aliphatic hydroxyl groups is 1. The van der Waals surface area contributed by atoms with Gasteiger partial charge in [-0.1, -0.05) is 54.6 Å². The van der Waals surface area contributed by atoms with Crippen LogP contribution in [0.3, 0.4) is 0 Å². The Kier molecular flexibility index (Phi) is 3.68. The molecule has 2 aromatic rings. The normalized spacial score (nSPS) is 10.2. The summed E-state index contributed by atoms with van der Waals surface area (Å²) in [6, 6.07) is 16.8. The molecule has 0 heterocycles. The summed E-state index contributed by atoms with van der Waals surface area (Å²) in [6.07, 6.45) is 0.416. The molecule has 2 rings (SSSR count). The lowest BCUT2D eigenvalue weighted by Crippen LogP contribution is -2.03. The van der Waals surface area contributed by atoms with Gasteiger partial charge in [-0.05, 0) is 11.1 Å². The number of Topliss-reactive ketones (excluding diaryl/α,β-unsaturated/α-hetero) is 1. The highest BCUT2D eigenvalue weighted by molar-refractivity contribution is 5.97. The minimum atomic E-state index is 0.00710. The van der Waals surface area contributed by atoms with Gasteiger partial charge in [0.15, 0.2) is 5.78 Å². The van der Waals surface area contributed by atoms with Crippen LogP contribution in [-0.4, -0.2) is 10.9 Å². The van der Waals surface area contributed by atoms with Crippen molar-refractivity contribution >= 4 is 5.78 Å². The van der Waals surface area contributed by atoms with E-state index in [1.807, 2.05) is 30.3 Å². The molecule has 0 fully saturated rings. The molecule has 17 heavy (non-hydrogen) atoms. The number of rotatable bonds is 4. The van der Waals surface area contributed by atoms with E-state index in [4.69, 9.17) is 5.11 Å². The topological polar surface area (TPSA) is 37.3 Å². The third kappa shape index (κ3) is 3.02. The third-order valence-electron chi connectivity index (χ3n) is 2.67. The zero-order valence-electron chi connectivity index (χ0n) is 9.47. The Morgan fingerprint density at radius 1 is 0.882 bits per heavy atom. The van der Waals surface area contributed by atoms with Crippen molar-refractivity contribution < 1.29 is 9.90 Å². The van der Waals surface area contributed by atoms with Crippen LogP contribution in [0.4, 0.5) is 0 Å². The molecule has 2 aromatic carbocycles. The van der Waals surface area contributed by atoms with Crippen LogP contribution in [0.25, 0.3) is 0 Å². The molecule has 0 aromatic heterocycles. The molecule has 86 valence electrons. The zero-order valence-corrected chi connectivity index (χ0v) is 9.47. The average molecular weight is 226 g/mol. The van der Waals surface area contributed by atoms with E-state index >= 15 is 0 Å². The molecule has 0 aliphatic carbocycles. The van der Waals surface area contributed by atoms with Crippen LogP contribution in [0.5, 0.6) is 0 Å². The maximum absolute atomic E-state index is 12.0. The Hall–Kier alpha value is -1.93. The fraction of sp³-hybridized carbons (Fsp3) is 0.133. The van der Waals surface area contributed by atoms with Crippen molar-refractivity contribution in [1.29, 1.82) is 0 Å². The van der Waals surface area contributed by atoms with Crippen molar-refractivity contribution in [3.8, 4) is 0 Å². The van der Waals surface area contributed by atoms with Gasteiger partial charge in [-0.3, -0.25) is 4.79 Å². The van der Waals surface area contributed by atoms with Gasteiger partial charge in [-0.2, -0.15) is 0 Å². The van der Waals surface area contributed by atoms with Crippen molar-refractivity contribution in [2.75, 3.05) is 0 Å². The molecule has 1 N–H and O–H groups in total. The van der Waals surface area contributed by atoms with Gasteiger partial charge in [0.2, 0.25) is 0 Å². The second-order valence-electron chi connectivity index (χ2n) is 3.94. The Morgan fingerprint density at radius 3 is 2.12 bits per heavy atom. The van der Waals surface area contributed by atoms with Gasteiger partial charge < -0.3 is 5.11 Å². The summed E-state index contributed by atoms with van der Waals surface area (Å²) in [4.78, 5) is 12.0. The summed E-state index contributed by atoms with van der Waals surface area (Å²) in [5, 5.41) is 8.92. The third-order valence-corrected chi connectivity index (χ3v) is 2.67. The summed E-state index contributed by atoms with van der Waals surface area (Å²) in [6.45, 7) is 0.00710. The second kappa shape index (κ2) is 5.41. The first-order chi connectivity index (χ1) is 8.29. The predicted octanol–water partition coefficient (Wildman–Crippen LogP) is 2.60. The van der Waals surface area contributed by atoms with Gasteiger partial charge >= 0.3 is 0 Å². The van der Waals surface area contributed by atoms with Gasteiger partial charge in [-0.25, -0.2) is 0 Å². The average Bonchev–Trinajstić information content (AvgIpc) is 2.40. The molecular weight excluding hydrogens is 212 g/mol. The van der Waals surface area contributed by atoms with E-state index in [1.165, 1.54) is 0 Å². The Labute approximate surface area is 101 Å². The lowest BCUT2D eigenvalue weighted by Gasteiger charge is -2.02. The fourth-order valence-corrected chi connectivity index (χ4v) is 1.68. The minimum absolute atomic E-state index is 0.00710. The Balaban J connectivity index is 2.09. The van der Waals surface area contributed by atoms with Crippen LogP contribution < -0.4 is 0 Å². The van der Waals surface area contributed by atoms with E-state index in [1.54, 1.807) is 24.3 Å². The molecule has 0 aliphatic heterocycles. The van der Waals surface area contributed by atoms with Crippen molar-refractivity contribution in [3.05, 3.63) is 71.3 Å². The first-order valence-electron chi connectivity index (χ1n) is 5.56. The van der Waals surface area contributed by atoms with Crippen molar-refractivity contribution in [2.24, 2.45) is 0 Å². The molecule has 0 aliphatic rings. The zero-order chi connectivity index (χ0) is 12.1. The highest BCUT2D eigenvalue weighted by atomic mass is 16.3. The van der Waals surface area contributed by atoms with E-state index in [9.17, 15) is 4.79 Å². The molecular formula is C15H14O2. The standard InChI is InChI=1S/C15H14O2/c16-11-13-6-8-14(9-7-13)15(17)10-12-4-2-1-3-5-12/h1-9,16H,10-11H2.